The van der Waals surface area contributed by atoms with E-state index in [1.807, 2.05) is 19.1 Å². The summed E-state index contributed by atoms with van der Waals surface area (Å²) in [4.78, 5) is 19.3. The monoisotopic (exact) mass is 328 g/mol. The molecule has 0 atom stereocenters. The number of aromatic nitrogens is 3. The number of ether oxygens (including phenoxy) is 1. The predicted octanol–water partition coefficient (Wildman–Crippen LogP) is 2.00. The molecule has 0 N–H and O–H groups in total. The number of nitrogens with zero attached hydrogens (tertiary/aromatic N) is 4. The molecule has 0 amide bonds. The molecule has 0 fully saturated rings. The fraction of sp³-hybridized carbons (Fsp3) is 0.312. The van der Waals surface area contributed by atoms with Crippen LogP contribution < -0.4 is 10.5 Å². The highest BCUT2D eigenvalue weighted by molar-refractivity contribution is 7.16. The Morgan fingerprint density at radius 1 is 1.35 bits per heavy atom. The van der Waals surface area contributed by atoms with Gasteiger partial charge < -0.3 is 9.64 Å². The molecule has 118 valence electrons. The van der Waals surface area contributed by atoms with Gasteiger partial charge in [-0.2, -0.15) is 9.61 Å². The summed E-state index contributed by atoms with van der Waals surface area (Å²) in [5.74, 6) is 0. The Bertz CT molecular complexity index is 918. The lowest BCUT2D eigenvalue weighted by atomic mass is 10.1. The lowest BCUT2D eigenvalue weighted by Crippen LogP contribution is -2.25. The van der Waals surface area contributed by atoms with Crippen LogP contribution in [0.1, 0.15) is 16.3 Å². The number of aryl methyl sites for hydroxylation is 1. The zero-order valence-electron chi connectivity index (χ0n) is 12.7. The van der Waals surface area contributed by atoms with Gasteiger partial charge in [-0.15, -0.1) is 0 Å². The molecule has 2 aromatic heterocycles. The van der Waals surface area contributed by atoms with Crippen molar-refractivity contribution in [3.8, 4) is 0 Å². The van der Waals surface area contributed by atoms with E-state index >= 15 is 0 Å². The second kappa shape index (κ2) is 5.75. The van der Waals surface area contributed by atoms with E-state index in [0.29, 0.717) is 24.7 Å². The van der Waals surface area contributed by atoms with Gasteiger partial charge in [-0.1, -0.05) is 29.5 Å². The smallest absolute Gasteiger partial charge is 0.275 e. The van der Waals surface area contributed by atoms with Gasteiger partial charge in [0.15, 0.2) is 0 Å². The maximum absolute atomic E-state index is 12.0. The van der Waals surface area contributed by atoms with Crippen LogP contribution in [-0.2, 0) is 17.9 Å². The van der Waals surface area contributed by atoms with Crippen molar-refractivity contribution in [2.45, 2.75) is 20.1 Å². The third kappa shape index (κ3) is 2.73. The Balaban J connectivity index is 1.70. The molecule has 1 aromatic carbocycles. The maximum atomic E-state index is 12.0. The van der Waals surface area contributed by atoms with Gasteiger partial charge in [0.25, 0.3) is 5.56 Å². The lowest BCUT2D eigenvalue weighted by Gasteiger charge is -2.22. The van der Waals surface area contributed by atoms with Crippen LogP contribution in [0.3, 0.4) is 0 Å². The zero-order valence-corrected chi connectivity index (χ0v) is 13.5. The SMILES string of the molecule is Cc1cc(=O)n2nc(CN3CCOCc4ccccc43)sc2n1. The summed E-state index contributed by atoms with van der Waals surface area (Å²) in [6, 6.07) is 9.75. The van der Waals surface area contributed by atoms with Crippen molar-refractivity contribution in [3.05, 3.63) is 57.0 Å². The van der Waals surface area contributed by atoms with Crippen LogP contribution in [0.25, 0.3) is 4.96 Å². The molecule has 3 heterocycles. The van der Waals surface area contributed by atoms with Gasteiger partial charge in [0.1, 0.15) is 5.01 Å². The van der Waals surface area contributed by atoms with Crippen LogP contribution in [0.2, 0.25) is 0 Å². The summed E-state index contributed by atoms with van der Waals surface area (Å²) >= 11 is 1.46. The van der Waals surface area contributed by atoms with Crippen LogP contribution in [0.15, 0.2) is 35.1 Å². The average Bonchev–Trinajstić information content (AvgIpc) is 2.82. The summed E-state index contributed by atoms with van der Waals surface area (Å²) in [7, 11) is 0. The first-order valence-corrected chi connectivity index (χ1v) is 8.29. The standard InChI is InChI=1S/C16H16N4O2S/c1-11-8-15(21)20-16(17-11)23-14(18-20)9-19-6-7-22-10-12-4-2-3-5-13(12)19/h2-5,8H,6-7,9-10H2,1H3. The molecule has 4 rings (SSSR count). The molecule has 23 heavy (non-hydrogen) atoms. The highest BCUT2D eigenvalue weighted by Crippen LogP contribution is 2.26. The topological polar surface area (TPSA) is 59.7 Å². The van der Waals surface area contributed by atoms with Crippen molar-refractivity contribution in [1.29, 1.82) is 0 Å². The zero-order chi connectivity index (χ0) is 15.8. The van der Waals surface area contributed by atoms with Crippen LogP contribution in [0.5, 0.6) is 0 Å². The number of rotatable bonds is 2. The average molecular weight is 328 g/mol. The molecule has 0 saturated carbocycles. The molecule has 7 heteroatoms. The molecule has 0 aliphatic carbocycles. The second-order valence-corrected chi connectivity index (χ2v) is 6.57. The van der Waals surface area contributed by atoms with Crippen molar-refractivity contribution in [2.75, 3.05) is 18.1 Å². The number of benzene rings is 1. The molecule has 3 aromatic rings. The first kappa shape index (κ1) is 14.3. The first-order chi connectivity index (χ1) is 11.2. The third-order valence-electron chi connectivity index (χ3n) is 3.84. The maximum Gasteiger partial charge on any atom is 0.275 e. The molecule has 0 bridgehead atoms. The predicted molar refractivity (Wildman–Crippen MR) is 89.0 cm³/mol. The molecule has 1 aliphatic heterocycles. The van der Waals surface area contributed by atoms with E-state index in [1.54, 1.807) is 0 Å². The Morgan fingerprint density at radius 2 is 2.22 bits per heavy atom. The minimum atomic E-state index is -0.130. The third-order valence-corrected chi connectivity index (χ3v) is 4.73. The number of fused-ring (bicyclic) bond motifs is 2. The number of para-hydroxylation sites is 1. The quantitative estimate of drug-likeness (QED) is 0.720. The lowest BCUT2D eigenvalue weighted by molar-refractivity contribution is 0.132. The van der Waals surface area contributed by atoms with Gasteiger partial charge in [-0.25, -0.2) is 4.98 Å². The number of anilines is 1. The van der Waals surface area contributed by atoms with E-state index in [1.165, 1.54) is 33.2 Å². The number of hydrogen-bond donors (Lipinski definition) is 0. The highest BCUT2D eigenvalue weighted by atomic mass is 32.1. The Hall–Kier alpha value is -2.25. The van der Waals surface area contributed by atoms with Gasteiger partial charge in [0.2, 0.25) is 4.96 Å². The fourth-order valence-corrected chi connectivity index (χ4v) is 3.73. The van der Waals surface area contributed by atoms with E-state index in [9.17, 15) is 4.79 Å². The summed E-state index contributed by atoms with van der Waals surface area (Å²) in [6.45, 7) is 4.58. The Morgan fingerprint density at radius 3 is 3.13 bits per heavy atom. The normalized spacial score (nSPS) is 14.7. The minimum Gasteiger partial charge on any atom is -0.375 e. The van der Waals surface area contributed by atoms with Gasteiger partial charge in [-0.05, 0) is 13.0 Å². The van der Waals surface area contributed by atoms with E-state index in [2.05, 4.69) is 27.1 Å². The summed E-state index contributed by atoms with van der Waals surface area (Å²) < 4.78 is 7.04. The molecule has 0 saturated heterocycles. The van der Waals surface area contributed by atoms with E-state index < -0.39 is 0 Å². The molecule has 0 radical (unpaired) electrons. The summed E-state index contributed by atoms with van der Waals surface area (Å²) in [5, 5.41) is 5.30. The highest BCUT2D eigenvalue weighted by Gasteiger charge is 2.17. The van der Waals surface area contributed by atoms with E-state index in [0.717, 1.165) is 17.2 Å². The summed E-state index contributed by atoms with van der Waals surface area (Å²) in [5.41, 5.74) is 2.94. The largest absolute Gasteiger partial charge is 0.375 e. The van der Waals surface area contributed by atoms with Gasteiger partial charge in [0.05, 0.1) is 19.8 Å². The molecular weight excluding hydrogens is 312 g/mol. The van der Waals surface area contributed by atoms with Crippen molar-refractivity contribution < 1.29 is 4.74 Å². The van der Waals surface area contributed by atoms with Crippen LogP contribution >= 0.6 is 11.3 Å². The van der Waals surface area contributed by atoms with Gasteiger partial charge in [0, 0.05) is 29.6 Å². The second-order valence-electron chi connectivity index (χ2n) is 5.53. The van der Waals surface area contributed by atoms with Gasteiger partial charge >= 0.3 is 0 Å². The van der Waals surface area contributed by atoms with Crippen molar-refractivity contribution in [1.82, 2.24) is 14.6 Å². The minimum absolute atomic E-state index is 0.130. The molecule has 1 aliphatic rings. The molecule has 0 spiro atoms. The van der Waals surface area contributed by atoms with Crippen LogP contribution in [0.4, 0.5) is 5.69 Å². The van der Waals surface area contributed by atoms with Gasteiger partial charge in [-0.3, -0.25) is 4.79 Å². The van der Waals surface area contributed by atoms with E-state index in [-0.39, 0.29) is 5.56 Å². The molecular formula is C16H16N4O2S. The van der Waals surface area contributed by atoms with Crippen molar-refractivity contribution in [3.63, 3.8) is 0 Å². The van der Waals surface area contributed by atoms with Crippen LogP contribution in [-0.4, -0.2) is 27.7 Å². The number of hydrogen-bond acceptors (Lipinski definition) is 6. The summed E-state index contributed by atoms with van der Waals surface area (Å²) in [6.07, 6.45) is 0. The first-order valence-electron chi connectivity index (χ1n) is 7.48. The molecule has 6 nitrogen and oxygen atoms in total. The van der Waals surface area contributed by atoms with E-state index in [4.69, 9.17) is 4.74 Å². The van der Waals surface area contributed by atoms with Crippen molar-refractivity contribution >= 4 is 22.0 Å². The Kier molecular flexibility index (Phi) is 3.59. The van der Waals surface area contributed by atoms with Crippen molar-refractivity contribution in [2.24, 2.45) is 0 Å². The van der Waals surface area contributed by atoms with Crippen LogP contribution in [0, 0.1) is 6.92 Å². The molecule has 0 unspecified atom stereocenters. The Labute approximate surface area is 137 Å². The fourth-order valence-electron chi connectivity index (χ4n) is 2.77.